The van der Waals surface area contributed by atoms with Crippen molar-refractivity contribution < 1.29 is 19.1 Å². The number of Topliss-reactive ketones (excluding diaryl/α,β-unsaturated/α-hetero) is 1. The third kappa shape index (κ3) is 3.58. The molecule has 0 amide bonds. The molecule has 1 atom stereocenters. The Kier molecular flexibility index (Phi) is 4.55. The van der Waals surface area contributed by atoms with Crippen LogP contribution in [0.15, 0.2) is 48.7 Å². The fraction of sp³-hybridized carbons (Fsp3) is 0.133. The molecule has 2 rings (SSSR count). The van der Waals surface area contributed by atoms with Gasteiger partial charge in [0, 0.05) is 22.7 Å². The van der Waals surface area contributed by atoms with Gasteiger partial charge in [0.15, 0.2) is 12.3 Å². The summed E-state index contributed by atoms with van der Waals surface area (Å²) in [5.41, 5.74) is 0.205. The molecule has 2 aromatic rings. The van der Waals surface area contributed by atoms with Crippen molar-refractivity contribution in [1.82, 2.24) is 0 Å². The van der Waals surface area contributed by atoms with E-state index in [0.717, 1.165) is 0 Å². The van der Waals surface area contributed by atoms with E-state index >= 15 is 0 Å². The Balaban J connectivity index is 2.09. The molecule has 5 nitrogen and oxygen atoms in total. The molecule has 6 heteroatoms. The number of benzene rings is 1. The molecule has 0 aliphatic heterocycles. The van der Waals surface area contributed by atoms with Crippen molar-refractivity contribution in [3.8, 4) is 0 Å². The average molecular weight is 306 g/mol. The molecular formula is C15H12ClNO4. The Morgan fingerprint density at radius 3 is 2.48 bits per heavy atom. The molecule has 0 saturated carbocycles. The molecule has 1 heterocycles. The van der Waals surface area contributed by atoms with Crippen LogP contribution in [0.5, 0.6) is 0 Å². The van der Waals surface area contributed by atoms with E-state index in [1.54, 1.807) is 24.3 Å². The van der Waals surface area contributed by atoms with E-state index in [1.807, 2.05) is 0 Å². The monoisotopic (exact) mass is 305 g/mol. The van der Waals surface area contributed by atoms with Crippen molar-refractivity contribution in [3.05, 3.63) is 70.1 Å². The zero-order valence-electron chi connectivity index (χ0n) is 11.2. The van der Waals surface area contributed by atoms with Crippen LogP contribution in [-0.2, 0) is 4.74 Å². The number of ether oxygens (including phenoxy) is 1. The van der Waals surface area contributed by atoms with Gasteiger partial charge in [-0.25, -0.2) is 4.79 Å². The smallest absolute Gasteiger partial charge is 0.405 e. The average Bonchev–Trinajstić information content (AvgIpc) is 2.47. The van der Waals surface area contributed by atoms with E-state index < -0.39 is 12.1 Å². The molecule has 0 bridgehead atoms. The van der Waals surface area contributed by atoms with Gasteiger partial charge in [-0.05, 0) is 37.3 Å². The third-order valence-electron chi connectivity index (χ3n) is 2.82. The Hall–Kier alpha value is -2.40. The van der Waals surface area contributed by atoms with E-state index in [1.165, 1.54) is 31.3 Å². The Bertz CT molecular complexity index is 670. The number of halogens is 1. The van der Waals surface area contributed by atoms with Crippen molar-refractivity contribution in [2.75, 3.05) is 0 Å². The van der Waals surface area contributed by atoms with Gasteiger partial charge >= 0.3 is 11.7 Å². The summed E-state index contributed by atoms with van der Waals surface area (Å²) in [7, 11) is 0. The van der Waals surface area contributed by atoms with Gasteiger partial charge in [0.1, 0.15) is 0 Å². The van der Waals surface area contributed by atoms with Gasteiger partial charge in [-0.15, -0.1) is 0 Å². The number of hydrogen-bond donors (Lipinski definition) is 0. The molecule has 0 spiro atoms. The first kappa shape index (κ1) is 15.0. The normalized spacial score (nSPS) is 11.7. The summed E-state index contributed by atoms with van der Waals surface area (Å²) < 4.78 is 5.41. The lowest BCUT2D eigenvalue weighted by Gasteiger charge is -2.12. The minimum Gasteiger partial charge on any atom is -0.618 e. The second kappa shape index (κ2) is 6.37. The number of ketones is 1. The summed E-state index contributed by atoms with van der Waals surface area (Å²) in [5, 5.41) is 11.9. The molecule has 0 unspecified atom stereocenters. The predicted molar refractivity (Wildman–Crippen MR) is 76.1 cm³/mol. The molecule has 108 valence electrons. The summed E-state index contributed by atoms with van der Waals surface area (Å²) >= 11 is 5.74. The Labute approximate surface area is 126 Å². The van der Waals surface area contributed by atoms with Crippen LogP contribution in [0, 0.1) is 5.21 Å². The Morgan fingerprint density at radius 1 is 1.19 bits per heavy atom. The largest absolute Gasteiger partial charge is 0.618 e. The first-order valence-electron chi connectivity index (χ1n) is 6.18. The van der Waals surface area contributed by atoms with Crippen LogP contribution in [0.4, 0.5) is 0 Å². The van der Waals surface area contributed by atoms with E-state index in [4.69, 9.17) is 16.3 Å². The molecule has 0 aliphatic rings. The van der Waals surface area contributed by atoms with E-state index in [9.17, 15) is 14.8 Å². The SMILES string of the molecule is C[C@H](OC(=O)c1cccc[n+]1[O-])C(=O)c1ccc(Cl)cc1. The molecule has 0 N–H and O–H groups in total. The molecule has 21 heavy (non-hydrogen) atoms. The zero-order chi connectivity index (χ0) is 15.4. The zero-order valence-corrected chi connectivity index (χ0v) is 11.9. The van der Waals surface area contributed by atoms with Crippen LogP contribution >= 0.6 is 11.6 Å². The maximum atomic E-state index is 12.1. The highest BCUT2D eigenvalue weighted by Gasteiger charge is 2.24. The highest BCUT2D eigenvalue weighted by atomic mass is 35.5. The van der Waals surface area contributed by atoms with Gasteiger partial charge in [-0.1, -0.05) is 11.6 Å². The maximum absolute atomic E-state index is 12.1. The number of aromatic nitrogens is 1. The number of esters is 1. The number of nitrogens with zero attached hydrogens (tertiary/aromatic N) is 1. The third-order valence-corrected chi connectivity index (χ3v) is 3.07. The van der Waals surface area contributed by atoms with Gasteiger partial charge in [-0.3, -0.25) is 4.79 Å². The standard InChI is InChI=1S/C15H12ClNO4/c1-10(14(18)11-5-7-12(16)8-6-11)21-15(19)13-4-2-3-9-17(13)20/h2-10H,1H3/t10-/m0/s1. The van der Waals surface area contributed by atoms with Gasteiger partial charge < -0.3 is 9.94 Å². The summed E-state index contributed by atoms with van der Waals surface area (Å²) in [6.45, 7) is 1.45. The lowest BCUT2D eigenvalue weighted by Crippen LogP contribution is -2.36. The van der Waals surface area contributed by atoms with Gasteiger partial charge in [0.25, 0.3) is 0 Å². The second-order valence-electron chi connectivity index (χ2n) is 4.33. The lowest BCUT2D eigenvalue weighted by molar-refractivity contribution is -0.608. The molecule has 0 aliphatic carbocycles. The number of rotatable bonds is 4. The number of pyridine rings is 1. The molecule has 0 saturated heterocycles. The molecule has 0 fully saturated rings. The topological polar surface area (TPSA) is 70.3 Å². The number of hydrogen-bond acceptors (Lipinski definition) is 4. The molecule has 1 aromatic carbocycles. The summed E-state index contributed by atoms with van der Waals surface area (Å²) in [6.07, 6.45) is 0.182. The molecule has 1 aromatic heterocycles. The highest BCUT2D eigenvalue weighted by molar-refractivity contribution is 6.30. The first-order valence-corrected chi connectivity index (χ1v) is 6.56. The van der Waals surface area contributed by atoms with Crippen LogP contribution in [0.1, 0.15) is 27.8 Å². The Morgan fingerprint density at radius 2 is 1.86 bits per heavy atom. The quantitative estimate of drug-likeness (QED) is 0.376. The predicted octanol–water partition coefficient (Wildman–Crippen LogP) is 2.40. The van der Waals surface area contributed by atoms with Gasteiger partial charge in [0.2, 0.25) is 5.78 Å². The van der Waals surface area contributed by atoms with Crippen LogP contribution in [0.2, 0.25) is 5.02 Å². The molecule has 0 radical (unpaired) electrons. The number of carbonyl (C=O) groups is 2. The van der Waals surface area contributed by atoms with Crippen molar-refractivity contribution in [1.29, 1.82) is 0 Å². The van der Waals surface area contributed by atoms with E-state index in [0.29, 0.717) is 15.3 Å². The first-order chi connectivity index (χ1) is 9.99. The van der Waals surface area contributed by atoms with Crippen molar-refractivity contribution in [3.63, 3.8) is 0 Å². The number of carbonyl (C=O) groups excluding carboxylic acids is 2. The van der Waals surface area contributed by atoms with Crippen molar-refractivity contribution in [2.24, 2.45) is 0 Å². The summed E-state index contributed by atoms with van der Waals surface area (Å²) in [4.78, 5) is 24.0. The highest BCUT2D eigenvalue weighted by Crippen LogP contribution is 2.13. The van der Waals surface area contributed by atoms with Crippen LogP contribution in [0.25, 0.3) is 0 Å². The fourth-order valence-corrected chi connectivity index (χ4v) is 1.84. The van der Waals surface area contributed by atoms with Crippen LogP contribution in [0.3, 0.4) is 0 Å². The van der Waals surface area contributed by atoms with Crippen molar-refractivity contribution >= 4 is 23.4 Å². The minimum absolute atomic E-state index is 0.173. The van der Waals surface area contributed by atoms with E-state index in [2.05, 4.69) is 0 Å². The summed E-state index contributed by atoms with van der Waals surface area (Å²) in [5.74, 6) is -1.21. The van der Waals surface area contributed by atoms with E-state index in [-0.39, 0.29) is 11.5 Å². The molecular weight excluding hydrogens is 294 g/mol. The van der Waals surface area contributed by atoms with Crippen LogP contribution < -0.4 is 4.73 Å². The lowest BCUT2D eigenvalue weighted by atomic mass is 10.1. The van der Waals surface area contributed by atoms with Crippen molar-refractivity contribution in [2.45, 2.75) is 13.0 Å². The summed E-state index contributed by atoms with van der Waals surface area (Å²) in [6, 6.07) is 10.6. The minimum atomic E-state index is -1.00. The fourth-order valence-electron chi connectivity index (χ4n) is 1.71. The van der Waals surface area contributed by atoms with Crippen LogP contribution in [-0.4, -0.2) is 17.9 Å². The second-order valence-corrected chi connectivity index (χ2v) is 4.77. The van der Waals surface area contributed by atoms with Gasteiger partial charge in [-0.2, -0.15) is 4.73 Å². The van der Waals surface area contributed by atoms with Gasteiger partial charge in [0.05, 0.1) is 0 Å². The maximum Gasteiger partial charge on any atom is 0.405 e.